The molecule has 0 heterocycles. The van der Waals surface area contributed by atoms with Crippen LogP contribution in [0.3, 0.4) is 0 Å². The van der Waals surface area contributed by atoms with Crippen LogP contribution in [0.4, 0.5) is 8.78 Å². The number of alkyl halides is 2. The molecule has 0 aromatic rings. The maximum Gasteiger partial charge on any atom is 0.469 e. The van der Waals surface area contributed by atoms with Gasteiger partial charge in [0, 0.05) is 5.92 Å². The maximum atomic E-state index is 14.1. The lowest BCUT2D eigenvalue weighted by molar-refractivity contribution is 0.0309. The van der Waals surface area contributed by atoms with Gasteiger partial charge < -0.3 is 22.1 Å². The molecule has 0 bridgehead atoms. The summed E-state index contributed by atoms with van der Waals surface area (Å²) < 4.78 is 44.9. The average molecular weight is 673 g/mol. The average Bonchev–Trinajstić information content (AvgIpc) is 2.98. The SMILES string of the molecule is CCCCCCCCCCCCCCCCCCCC(CF)C(CF)C(CCCCCCCCCCCC)OP(=O)(O)O.N.N. The van der Waals surface area contributed by atoms with Gasteiger partial charge in [-0.15, -0.1) is 0 Å². The smallest absolute Gasteiger partial charge is 0.344 e. The van der Waals surface area contributed by atoms with Crippen LogP contribution < -0.4 is 12.3 Å². The fourth-order valence-electron chi connectivity index (χ4n) is 6.42. The largest absolute Gasteiger partial charge is 0.469 e. The highest BCUT2D eigenvalue weighted by Crippen LogP contribution is 2.42. The summed E-state index contributed by atoms with van der Waals surface area (Å²) in [6.45, 7) is 3.00. The summed E-state index contributed by atoms with van der Waals surface area (Å²) in [5, 5.41) is 0. The van der Waals surface area contributed by atoms with E-state index < -0.39 is 39.1 Å². The summed E-state index contributed by atoms with van der Waals surface area (Å²) in [6, 6.07) is 0. The number of unbranched alkanes of at least 4 members (excludes halogenated alkanes) is 25. The molecular formula is C36H79F2N2O4P. The molecule has 0 aliphatic heterocycles. The second-order valence-corrected chi connectivity index (χ2v) is 14.5. The van der Waals surface area contributed by atoms with E-state index in [1.54, 1.807) is 0 Å². The van der Waals surface area contributed by atoms with E-state index in [0.29, 0.717) is 12.8 Å². The Hall–Kier alpha value is -0.110. The Morgan fingerprint density at radius 2 is 0.778 bits per heavy atom. The van der Waals surface area contributed by atoms with E-state index in [2.05, 4.69) is 13.8 Å². The van der Waals surface area contributed by atoms with Crippen molar-refractivity contribution in [3.63, 3.8) is 0 Å². The van der Waals surface area contributed by atoms with Gasteiger partial charge in [-0.05, 0) is 18.8 Å². The number of halogens is 2. The van der Waals surface area contributed by atoms with Gasteiger partial charge in [0.2, 0.25) is 0 Å². The molecule has 9 heteroatoms. The van der Waals surface area contributed by atoms with E-state index in [0.717, 1.165) is 44.9 Å². The molecule has 0 saturated carbocycles. The predicted molar refractivity (Wildman–Crippen MR) is 191 cm³/mol. The molecule has 0 spiro atoms. The van der Waals surface area contributed by atoms with Gasteiger partial charge >= 0.3 is 7.82 Å². The van der Waals surface area contributed by atoms with Crippen molar-refractivity contribution < 1.29 is 27.7 Å². The lowest BCUT2D eigenvalue weighted by atomic mass is 9.83. The van der Waals surface area contributed by atoms with Crippen LogP contribution >= 0.6 is 7.82 Å². The van der Waals surface area contributed by atoms with E-state index >= 15 is 0 Å². The Balaban J connectivity index is -0.00000882. The zero-order valence-electron chi connectivity index (χ0n) is 30.0. The molecule has 0 aromatic heterocycles. The van der Waals surface area contributed by atoms with Crippen LogP contribution in [0.1, 0.15) is 200 Å². The molecule has 8 N–H and O–H groups in total. The summed E-state index contributed by atoms with van der Waals surface area (Å²) in [5.41, 5.74) is 0. The third kappa shape index (κ3) is 33.6. The quantitative estimate of drug-likeness (QED) is 0.0390. The molecule has 0 fully saturated rings. The number of phosphoric acid groups is 1. The van der Waals surface area contributed by atoms with Crippen molar-refractivity contribution in [3.05, 3.63) is 0 Å². The van der Waals surface area contributed by atoms with Crippen molar-refractivity contribution in [2.24, 2.45) is 11.8 Å². The number of phosphoric ester groups is 1. The zero-order chi connectivity index (χ0) is 31.9. The summed E-state index contributed by atoms with van der Waals surface area (Å²) in [5.74, 6) is -1.36. The first-order valence-electron chi connectivity index (χ1n) is 18.7. The Labute approximate surface area is 278 Å². The molecule has 0 radical (unpaired) electrons. The fourth-order valence-corrected chi connectivity index (χ4v) is 7.03. The van der Waals surface area contributed by atoms with Crippen LogP contribution in [0, 0.1) is 11.8 Å². The van der Waals surface area contributed by atoms with Gasteiger partial charge in [0.25, 0.3) is 0 Å². The van der Waals surface area contributed by atoms with Crippen molar-refractivity contribution in [3.8, 4) is 0 Å². The minimum absolute atomic E-state index is 0. The minimum atomic E-state index is -4.77. The molecule has 0 rings (SSSR count). The van der Waals surface area contributed by atoms with Crippen LogP contribution in [-0.2, 0) is 9.09 Å². The first kappa shape index (κ1) is 49.3. The van der Waals surface area contributed by atoms with Gasteiger partial charge in [-0.3, -0.25) is 13.3 Å². The second-order valence-electron chi connectivity index (χ2n) is 13.3. The highest BCUT2D eigenvalue weighted by molar-refractivity contribution is 7.46. The van der Waals surface area contributed by atoms with Gasteiger partial charge in [-0.2, -0.15) is 0 Å². The molecule has 3 unspecified atom stereocenters. The van der Waals surface area contributed by atoms with E-state index in [1.165, 1.54) is 128 Å². The van der Waals surface area contributed by atoms with E-state index in [4.69, 9.17) is 4.52 Å². The highest BCUT2D eigenvalue weighted by atomic mass is 31.2. The fraction of sp³-hybridized carbons (Fsp3) is 1.00. The number of hydrogen-bond donors (Lipinski definition) is 4. The first-order chi connectivity index (χ1) is 20.9. The van der Waals surface area contributed by atoms with Crippen LogP contribution in [0.25, 0.3) is 0 Å². The third-order valence-corrected chi connectivity index (χ3v) is 9.80. The lowest BCUT2D eigenvalue weighted by Gasteiger charge is -2.30. The molecule has 6 nitrogen and oxygen atoms in total. The van der Waals surface area contributed by atoms with Crippen LogP contribution in [0.5, 0.6) is 0 Å². The third-order valence-electron chi connectivity index (χ3n) is 9.25. The summed E-state index contributed by atoms with van der Waals surface area (Å²) in [7, 11) is -4.77. The molecule has 45 heavy (non-hydrogen) atoms. The van der Waals surface area contributed by atoms with Crippen molar-refractivity contribution in [1.82, 2.24) is 12.3 Å². The summed E-state index contributed by atoms with van der Waals surface area (Å²) in [6.07, 6.45) is 33.2. The van der Waals surface area contributed by atoms with Gasteiger partial charge in [0.1, 0.15) is 0 Å². The van der Waals surface area contributed by atoms with E-state index in [9.17, 15) is 23.1 Å². The van der Waals surface area contributed by atoms with Crippen LogP contribution in [0.15, 0.2) is 0 Å². The molecule has 0 saturated heterocycles. The maximum absolute atomic E-state index is 14.1. The normalized spacial score (nSPS) is 13.6. The molecule has 0 aliphatic rings. The number of hydrogen-bond acceptors (Lipinski definition) is 4. The Bertz CT molecular complexity index is 616. The molecule has 276 valence electrons. The van der Waals surface area contributed by atoms with E-state index in [1.807, 2.05) is 0 Å². The monoisotopic (exact) mass is 673 g/mol. The first-order valence-corrected chi connectivity index (χ1v) is 20.3. The molecular weight excluding hydrogens is 593 g/mol. The Morgan fingerprint density at radius 1 is 0.489 bits per heavy atom. The zero-order valence-corrected chi connectivity index (χ0v) is 30.9. The summed E-state index contributed by atoms with van der Waals surface area (Å²) in [4.78, 5) is 18.9. The van der Waals surface area contributed by atoms with E-state index in [-0.39, 0.29) is 12.3 Å². The molecule has 0 aliphatic carbocycles. The highest BCUT2D eigenvalue weighted by Gasteiger charge is 2.34. The lowest BCUT2D eigenvalue weighted by Crippen LogP contribution is -2.33. The second kappa shape index (κ2) is 36.7. The minimum Gasteiger partial charge on any atom is -0.344 e. The van der Waals surface area contributed by atoms with Gasteiger partial charge in [0.15, 0.2) is 0 Å². The topological polar surface area (TPSA) is 137 Å². The Kier molecular flexibility index (Phi) is 40.2. The van der Waals surface area contributed by atoms with Crippen LogP contribution in [0.2, 0.25) is 0 Å². The number of rotatable bonds is 35. The van der Waals surface area contributed by atoms with Crippen molar-refractivity contribution in [1.29, 1.82) is 0 Å². The van der Waals surface area contributed by atoms with Crippen molar-refractivity contribution in [2.45, 2.75) is 206 Å². The molecule has 3 atom stereocenters. The van der Waals surface area contributed by atoms with Gasteiger partial charge in [0.05, 0.1) is 19.5 Å². The van der Waals surface area contributed by atoms with Gasteiger partial charge in [-0.25, -0.2) is 4.57 Å². The standard InChI is InChI=1S/C36H73F2O4P.2H3N/c1-3-5-7-9-11-13-15-16-17-18-19-20-21-22-24-26-28-30-34(32-37)35(33-38)36(42-43(39,40)41)31-29-27-25-23-14-12-10-8-6-4-2;;/h34-36H,3-33H2,1-2H3,(H2,39,40,41);2*1H3. The van der Waals surface area contributed by atoms with Crippen LogP contribution in [-0.4, -0.2) is 29.2 Å². The van der Waals surface area contributed by atoms with Crippen molar-refractivity contribution in [2.75, 3.05) is 13.3 Å². The van der Waals surface area contributed by atoms with Gasteiger partial charge in [-0.1, -0.05) is 187 Å². The molecule has 0 amide bonds. The Morgan fingerprint density at radius 3 is 1.04 bits per heavy atom. The predicted octanol–water partition coefficient (Wildman–Crippen LogP) is 13.3. The molecule has 0 aromatic carbocycles. The van der Waals surface area contributed by atoms with Crippen molar-refractivity contribution >= 4 is 7.82 Å². The summed E-state index contributed by atoms with van der Waals surface area (Å²) >= 11 is 0.